The van der Waals surface area contributed by atoms with Gasteiger partial charge in [0.15, 0.2) is 0 Å². The molecular formula is C15H16O5. The molecule has 20 heavy (non-hydrogen) atoms. The molecule has 1 atom stereocenters. The molecule has 3 rings (SSSR count). The van der Waals surface area contributed by atoms with Gasteiger partial charge in [0.05, 0.1) is 33.0 Å². The Morgan fingerprint density at radius 1 is 1.15 bits per heavy atom. The first-order valence-corrected chi connectivity index (χ1v) is 6.46. The van der Waals surface area contributed by atoms with E-state index in [0.29, 0.717) is 30.3 Å². The average Bonchev–Trinajstić information content (AvgIpc) is 2.92. The van der Waals surface area contributed by atoms with Crippen molar-refractivity contribution in [3.8, 4) is 11.5 Å². The number of benzene rings is 1. The van der Waals surface area contributed by atoms with Gasteiger partial charge in [-0.15, -0.1) is 0 Å². The van der Waals surface area contributed by atoms with E-state index in [2.05, 4.69) is 0 Å². The van der Waals surface area contributed by atoms with Crippen LogP contribution in [0.25, 0.3) is 0 Å². The maximum atomic E-state index is 11.9. The van der Waals surface area contributed by atoms with Gasteiger partial charge in [-0.25, -0.2) is 4.79 Å². The molecule has 2 heterocycles. The molecule has 1 unspecified atom stereocenters. The molecule has 1 aromatic rings. The van der Waals surface area contributed by atoms with Gasteiger partial charge in [-0.05, 0) is 23.3 Å². The van der Waals surface area contributed by atoms with E-state index >= 15 is 0 Å². The van der Waals surface area contributed by atoms with Gasteiger partial charge in [0.25, 0.3) is 0 Å². The first kappa shape index (κ1) is 13.0. The van der Waals surface area contributed by atoms with Gasteiger partial charge in [-0.3, -0.25) is 0 Å². The summed E-state index contributed by atoms with van der Waals surface area (Å²) < 4.78 is 21.4. The molecule has 0 aliphatic carbocycles. The summed E-state index contributed by atoms with van der Waals surface area (Å²) in [5.41, 5.74) is 2.50. The van der Waals surface area contributed by atoms with Crippen molar-refractivity contribution in [2.24, 2.45) is 0 Å². The fraction of sp³-hybridized carbons (Fsp3) is 0.400. The van der Waals surface area contributed by atoms with Crippen molar-refractivity contribution in [3.05, 3.63) is 34.9 Å². The second-order valence-corrected chi connectivity index (χ2v) is 4.74. The number of esters is 1. The second-order valence-electron chi connectivity index (χ2n) is 4.74. The minimum Gasteiger partial charge on any atom is -0.497 e. The molecular weight excluding hydrogens is 260 g/mol. The summed E-state index contributed by atoms with van der Waals surface area (Å²) in [5.74, 6) is 1.05. The minimum absolute atomic E-state index is 0.282. The Labute approximate surface area is 117 Å². The highest BCUT2D eigenvalue weighted by Gasteiger charge is 2.36. The molecule has 5 heteroatoms. The summed E-state index contributed by atoms with van der Waals surface area (Å²) in [5, 5.41) is 0. The van der Waals surface area contributed by atoms with E-state index in [1.807, 2.05) is 12.1 Å². The Morgan fingerprint density at radius 3 is 2.50 bits per heavy atom. The van der Waals surface area contributed by atoms with Gasteiger partial charge in [0, 0.05) is 12.5 Å². The summed E-state index contributed by atoms with van der Waals surface area (Å²) >= 11 is 0. The smallest absolute Gasteiger partial charge is 0.337 e. The Hall–Kier alpha value is -2.01. The van der Waals surface area contributed by atoms with Gasteiger partial charge >= 0.3 is 5.97 Å². The normalized spacial score (nSPS) is 21.5. The summed E-state index contributed by atoms with van der Waals surface area (Å²) in [4.78, 5) is 11.9. The van der Waals surface area contributed by atoms with Crippen LogP contribution in [0.3, 0.4) is 0 Å². The molecule has 0 bridgehead atoms. The number of rotatable bonds is 3. The summed E-state index contributed by atoms with van der Waals surface area (Å²) in [6.45, 7) is 0.920. The number of carbonyl (C=O) groups is 1. The third-order valence-corrected chi connectivity index (χ3v) is 3.60. The number of ether oxygens (including phenoxy) is 4. The van der Waals surface area contributed by atoms with E-state index in [4.69, 9.17) is 18.9 Å². The summed E-state index contributed by atoms with van der Waals surface area (Å²) in [6, 6.07) is 5.49. The van der Waals surface area contributed by atoms with Crippen molar-refractivity contribution in [1.29, 1.82) is 0 Å². The van der Waals surface area contributed by atoms with Gasteiger partial charge in [0.2, 0.25) is 0 Å². The highest BCUT2D eigenvalue weighted by Crippen LogP contribution is 2.40. The van der Waals surface area contributed by atoms with Gasteiger partial charge in [-0.1, -0.05) is 0 Å². The fourth-order valence-electron chi connectivity index (χ4n) is 2.58. The van der Waals surface area contributed by atoms with E-state index in [0.717, 1.165) is 17.6 Å². The molecule has 0 aromatic heterocycles. The lowest BCUT2D eigenvalue weighted by molar-refractivity contribution is -0.140. The Bertz CT molecular complexity index is 553. The molecule has 0 radical (unpaired) electrons. The van der Waals surface area contributed by atoms with Crippen molar-refractivity contribution >= 4 is 5.97 Å². The molecule has 2 aliphatic heterocycles. The predicted molar refractivity (Wildman–Crippen MR) is 70.8 cm³/mol. The van der Waals surface area contributed by atoms with Crippen LogP contribution in [0.2, 0.25) is 0 Å². The number of methoxy groups -OCH3 is 2. The molecule has 0 spiro atoms. The van der Waals surface area contributed by atoms with Crippen LogP contribution in [-0.2, 0) is 14.3 Å². The van der Waals surface area contributed by atoms with Crippen LogP contribution in [0.5, 0.6) is 11.5 Å². The second kappa shape index (κ2) is 5.17. The molecule has 0 amide bonds. The van der Waals surface area contributed by atoms with E-state index < -0.39 is 6.10 Å². The van der Waals surface area contributed by atoms with Gasteiger partial charge in [-0.2, -0.15) is 0 Å². The van der Waals surface area contributed by atoms with Crippen LogP contribution in [0.15, 0.2) is 29.3 Å². The number of hydrogen-bond donors (Lipinski definition) is 0. The maximum Gasteiger partial charge on any atom is 0.337 e. The molecule has 106 valence electrons. The summed E-state index contributed by atoms with van der Waals surface area (Å²) in [7, 11) is 3.18. The number of carbonyl (C=O) groups excluding carboxylic acids is 1. The van der Waals surface area contributed by atoms with E-state index in [-0.39, 0.29) is 5.97 Å². The highest BCUT2D eigenvalue weighted by atomic mass is 16.5. The zero-order valence-electron chi connectivity index (χ0n) is 11.5. The monoisotopic (exact) mass is 276 g/mol. The topological polar surface area (TPSA) is 54.0 Å². The fourth-order valence-corrected chi connectivity index (χ4v) is 2.58. The molecule has 2 aliphatic rings. The van der Waals surface area contributed by atoms with E-state index in [1.165, 1.54) is 0 Å². The van der Waals surface area contributed by atoms with Crippen LogP contribution in [0, 0.1) is 0 Å². The zero-order chi connectivity index (χ0) is 14.1. The average molecular weight is 276 g/mol. The lowest BCUT2D eigenvalue weighted by Gasteiger charge is -2.18. The Morgan fingerprint density at radius 2 is 1.85 bits per heavy atom. The van der Waals surface area contributed by atoms with E-state index in [9.17, 15) is 4.79 Å². The Kier molecular flexibility index (Phi) is 3.36. The molecule has 0 saturated heterocycles. The lowest BCUT2D eigenvalue weighted by Crippen LogP contribution is -2.18. The lowest BCUT2D eigenvalue weighted by atomic mass is 9.96. The first-order valence-electron chi connectivity index (χ1n) is 6.46. The molecule has 0 N–H and O–H groups in total. The number of cyclic esters (lactones) is 1. The van der Waals surface area contributed by atoms with Crippen molar-refractivity contribution in [3.63, 3.8) is 0 Å². The SMILES string of the molecule is COc1cc(OC)cc(C2OCC3=C2C(=O)OCC3)c1. The van der Waals surface area contributed by atoms with Crippen LogP contribution in [-0.4, -0.2) is 33.4 Å². The number of hydrogen-bond acceptors (Lipinski definition) is 5. The molecule has 0 fully saturated rings. The minimum atomic E-state index is -0.401. The largest absolute Gasteiger partial charge is 0.497 e. The highest BCUT2D eigenvalue weighted by molar-refractivity contribution is 5.92. The maximum absolute atomic E-state index is 11.9. The predicted octanol–water partition coefficient (Wildman–Crippen LogP) is 2.02. The van der Waals surface area contributed by atoms with Crippen molar-refractivity contribution in [2.45, 2.75) is 12.5 Å². The van der Waals surface area contributed by atoms with Crippen molar-refractivity contribution < 1.29 is 23.7 Å². The zero-order valence-corrected chi connectivity index (χ0v) is 11.5. The van der Waals surface area contributed by atoms with Crippen LogP contribution >= 0.6 is 0 Å². The quantitative estimate of drug-likeness (QED) is 0.791. The molecule has 0 saturated carbocycles. The molecule has 5 nitrogen and oxygen atoms in total. The van der Waals surface area contributed by atoms with Crippen LogP contribution in [0.1, 0.15) is 18.1 Å². The van der Waals surface area contributed by atoms with Crippen molar-refractivity contribution in [2.75, 3.05) is 27.4 Å². The van der Waals surface area contributed by atoms with E-state index in [1.54, 1.807) is 20.3 Å². The van der Waals surface area contributed by atoms with Crippen LogP contribution in [0.4, 0.5) is 0 Å². The summed E-state index contributed by atoms with van der Waals surface area (Å²) in [6.07, 6.45) is 0.348. The van der Waals surface area contributed by atoms with Crippen LogP contribution < -0.4 is 9.47 Å². The molecule has 1 aromatic carbocycles. The van der Waals surface area contributed by atoms with Gasteiger partial charge < -0.3 is 18.9 Å². The third-order valence-electron chi connectivity index (χ3n) is 3.60. The third kappa shape index (κ3) is 2.14. The first-order chi connectivity index (χ1) is 9.72. The standard InChI is InChI=1S/C15H16O5/c1-17-11-5-10(6-12(7-11)18-2)14-13-9(8-20-14)3-4-19-15(13)16/h5-7,14H,3-4,8H2,1-2H3. The van der Waals surface area contributed by atoms with Gasteiger partial charge in [0.1, 0.15) is 17.6 Å². The Balaban J connectivity index is 2.01. The van der Waals surface area contributed by atoms with Crippen molar-refractivity contribution in [1.82, 2.24) is 0 Å².